The molecule has 1 heterocycles. The maximum Gasteiger partial charge on any atom is 0.260 e. The summed E-state index contributed by atoms with van der Waals surface area (Å²) in [5.41, 5.74) is 2.82. The van der Waals surface area contributed by atoms with Gasteiger partial charge in [0.2, 0.25) is 0 Å². The van der Waals surface area contributed by atoms with Crippen LogP contribution in [0.3, 0.4) is 0 Å². The van der Waals surface area contributed by atoms with Gasteiger partial charge in [-0.05, 0) is 54.8 Å². The van der Waals surface area contributed by atoms with Crippen molar-refractivity contribution in [1.29, 1.82) is 0 Å². The molecule has 1 aliphatic heterocycles. The Kier molecular flexibility index (Phi) is 5.73. The topological polar surface area (TPSA) is 70.6 Å². The molecule has 1 saturated heterocycles. The van der Waals surface area contributed by atoms with Gasteiger partial charge in [0.25, 0.3) is 5.91 Å². The Morgan fingerprint density at radius 1 is 1.23 bits per heavy atom. The number of benzene rings is 2. The third kappa shape index (κ3) is 4.32. The number of carbonyl (C=O) groups excluding carboxylic acids is 1. The molecule has 2 aromatic carbocycles. The van der Waals surface area contributed by atoms with Crippen molar-refractivity contribution >= 4 is 29.4 Å². The standard InChI is InChI=1S/C20H22N2O3S/c1-3-13-5-8-15(9-6-13)21-20-22-19(24)18(26-20)12-14-7-10-16(23)17(11-14)25-4-2/h5-12,20-21,23H,3-4H2,1-2H3,(H,22,24)/b18-12-/t20-/m1/s1. The lowest BCUT2D eigenvalue weighted by Crippen LogP contribution is -2.30. The van der Waals surface area contributed by atoms with E-state index in [0.717, 1.165) is 17.7 Å². The van der Waals surface area contributed by atoms with Crippen molar-refractivity contribution in [3.63, 3.8) is 0 Å². The quantitative estimate of drug-likeness (QED) is 0.672. The van der Waals surface area contributed by atoms with Crippen molar-refractivity contribution in [2.24, 2.45) is 0 Å². The van der Waals surface area contributed by atoms with Gasteiger partial charge in [-0.1, -0.05) is 36.9 Å². The van der Waals surface area contributed by atoms with Crippen molar-refractivity contribution in [2.75, 3.05) is 11.9 Å². The number of thioether (sulfide) groups is 1. The first-order valence-electron chi connectivity index (χ1n) is 8.59. The van der Waals surface area contributed by atoms with Crippen LogP contribution in [0.5, 0.6) is 11.5 Å². The van der Waals surface area contributed by atoms with Crippen molar-refractivity contribution in [3.8, 4) is 11.5 Å². The highest BCUT2D eigenvalue weighted by Crippen LogP contribution is 2.32. The molecule has 0 aromatic heterocycles. The van der Waals surface area contributed by atoms with Crippen LogP contribution >= 0.6 is 11.8 Å². The molecule has 0 unspecified atom stereocenters. The molecule has 0 spiro atoms. The summed E-state index contributed by atoms with van der Waals surface area (Å²) < 4.78 is 5.39. The van der Waals surface area contributed by atoms with Crippen LogP contribution in [0, 0.1) is 0 Å². The van der Waals surface area contributed by atoms with Gasteiger partial charge in [0.15, 0.2) is 17.0 Å². The Labute approximate surface area is 157 Å². The minimum absolute atomic E-state index is 0.0904. The van der Waals surface area contributed by atoms with Crippen LogP contribution < -0.4 is 15.4 Å². The lowest BCUT2D eigenvalue weighted by molar-refractivity contribution is -0.116. The molecule has 0 radical (unpaired) electrons. The number of aryl methyl sites for hydroxylation is 1. The Morgan fingerprint density at radius 2 is 2.00 bits per heavy atom. The zero-order chi connectivity index (χ0) is 18.5. The van der Waals surface area contributed by atoms with Crippen LogP contribution in [0.15, 0.2) is 47.4 Å². The molecular formula is C20H22N2O3S. The van der Waals surface area contributed by atoms with Crippen molar-refractivity contribution in [2.45, 2.75) is 25.8 Å². The molecule has 6 heteroatoms. The largest absolute Gasteiger partial charge is 0.504 e. The van der Waals surface area contributed by atoms with E-state index in [-0.39, 0.29) is 17.2 Å². The van der Waals surface area contributed by atoms with Gasteiger partial charge in [-0.2, -0.15) is 0 Å². The molecule has 26 heavy (non-hydrogen) atoms. The monoisotopic (exact) mass is 370 g/mol. The predicted octanol–water partition coefficient (Wildman–Crippen LogP) is 3.95. The number of ether oxygens (including phenoxy) is 1. The fourth-order valence-electron chi connectivity index (χ4n) is 2.60. The van der Waals surface area contributed by atoms with Gasteiger partial charge < -0.3 is 20.5 Å². The molecule has 2 aromatic rings. The Balaban J connectivity index is 1.70. The maximum atomic E-state index is 12.2. The lowest BCUT2D eigenvalue weighted by Gasteiger charge is -2.12. The summed E-state index contributed by atoms with van der Waals surface area (Å²) in [6.07, 6.45) is 2.79. The number of phenolic OH excluding ortho intramolecular Hbond substituents is 1. The number of amides is 1. The van der Waals surface area contributed by atoms with E-state index in [9.17, 15) is 9.90 Å². The van der Waals surface area contributed by atoms with Crippen LogP contribution in [0.2, 0.25) is 0 Å². The highest BCUT2D eigenvalue weighted by atomic mass is 32.2. The fraction of sp³-hybridized carbons (Fsp3) is 0.250. The normalized spacial score (nSPS) is 18.0. The summed E-state index contributed by atoms with van der Waals surface area (Å²) in [4.78, 5) is 12.8. The van der Waals surface area contributed by atoms with E-state index in [2.05, 4.69) is 29.7 Å². The number of nitrogens with one attached hydrogen (secondary N) is 2. The number of anilines is 1. The van der Waals surface area contributed by atoms with Gasteiger partial charge in [0.05, 0.1) is 11.5 Å². The molecule has 5 nitrogen and oxygen atoms in total. The van der Waals surface area contributed by atoms with Crippen molar-refractivity contribution < 1.29 is 14.6 Å². The Hall–Kier alpha value is -2.60. The SMILES string of the molecule is CCOc1cc(/C=C2\S[C@H](Nc3ccc(CC)cc3)NC2=O)ccc1O. The van der Waals surface area contributed by atoms with Crippen LogP contribution in [-0.2, 0) is 11.2 Å². The first-order chi connectivity index (χ1) is 12.6. The van der Waals surface area contributed by atoms with Gasteiger partial charge in [0, 0.05) is 5.69 Å². The van der Waals surface area contributed by atoms with Crippen molar-refractivity contribution in [1.82, 2.24) is 5.32 Å². The Bertz CT molecular complexity index is 818. The first-order valence-corrected chi connectivity index (χ1v) is 9.47. The van der Waals surface area contributed by atoms with E-state index in [1.165, 1.54) is 17.3 Å². The number of aromatic hydroxyl groups is 1. The van der Waals surface area contributed by atoms with Gasteiger partial charge in [-0.15, -0.1) is 0 Å². The molecule has 0 saturated carbocycles. The molecule has 3 rings (SSSR count). The summed E-state index contributed by atoms with van der Waals surface area (Å²) in [6.45, 7) is 4.44. The van der Waals surface area contributed by atoms with Gasteiger partial charge in [-0.25, -0.2) is 0 Å². The minimum Gasteiger partial charge on any atom is -0.504 e. The molecule has 3 N–H and O–H groups in total. The average Bonchev–Trinajstić information content (AvgIpc) is 2.98. The van der Waals surface area contributed by atoms with Gasteiger partial charge in [0.1, 0.15) is 0 Å². The summed E-state index contributed by atoms with van der Waals surface area (Å²) in [6, 6.07) is 13.2. The second-order valence-corrected chi connectivity index (χ2v) is 6.98. The molecular weight excluding hydrogens is 348 g/mol. The highest BCUT2D eigenvalue weighted by molar-refractivity contribution is 8.05. The third-order valence-electron chi connectivity index (χ3n) is 3.97. The van der Waals surface area contributed by atoms with Gasteiger partial charge in [-0.3, -0.25) is 4.79 Å². The maximum absolute atomic E-state index is 12.2. The van der Waals surface area contributed by atoms with Crippen LogP contribution in [-0.4, -0.2) is 23.1 Å². The summed E-state index contributed by atoms with van der Waals surface area (Å²) in [5, 5.41) is 16.0. The second-order valence-electron chi connectivity index (χ2n) is 5.83. The highest BCUT2D eigenvalue weighted by Gasteiger charge is 2.27. The number of rotatable bonds is 6. The van der Waals surface area contributed by atoms with E-state index in [1.54, 1.807) is 24.3 Å². The second kappa shape index (κ2) is 8.19. The van der Waals surface area contributed by atoms with E-state index in [1.807, 2.05) is 19.1 Å². The van der Waals surface area contributed by atoms with E-state index >= 15 is 0 Å². The Morgan fingerprint density at radius 3 is 2.69 bits per heavy atom. The smallest absolute Gasteiger partial charge is 0.260 e. The van der Waals surface area contributed by atoms with E-state index < -0.39 is 0 Å². The number of phenols is 1. The zero-order valence-electron chi connectivity index (χ0n) is 14.8. The molecule has 0 aliphatic carbocycles. The van der Waals surface area contributed by atoms with E-state index in [4.69, 9.17) is 4.74 Å². The minimum atomic E-state index is -0.218. The average molecular weight is 370 g/mol. The van der Waals surface area contributed by atoms with E-state index in [0.29, 0.717) is 17.3 Å². The van der Waals surface area contributed by atoms with Crippen LogP contribution in [0.1, 0.15) is 25.0 Å². The third-order valence-corrected chi connectivity index (χ3v) is 5.00. The molecule has 1 fully saturated rings. The van der Waals surface area contributed by atoms with Gasteiger partial charge >= 0.3 is 0 Å². The van der Waals surface area contributed by atoms with Crippen LogP contribution in [0.25, 0.3) is 6.08 Å². The first kappa shape index (κ1) is 18.2. The summed E-state index contributed by atoms with van der Waals surface area (Å²) >= 11 is 1.43. The zero-order valence-corrected chi connectivity index (χ0v) is 15.6. The molecule has 0 bridgehead atoms. The van der Waals surface area contributed by atoms with Crippen LogP contribution in [0.4, 0.5) is 5.69 Å². The molecule has 136 valence electrons. The number of hydrogen-bond donors (Lipinski definition) is 3. The fourth-order valence-corrected chi connectivity index (χ4v) is 3.58. The predicted molar refractivity (Wildman–Crippen MR) is 106 cm³/mol. The summed E-state index contributed by atoms with van der Waals surface area (Å²) in [7, 11) is 0. The summed E-state index contributed by atoms with van der Waals surface area (Å²) in [5.74, 6) is 0.382. The molecule has 1 atom stereocenters. The number of carbonyl (C=O) groups is 1. The molecule has 1 amide bonds. The lowest BCUT2D eigenvalue weighted by atomic mass is 10.1. The number of hydrogen-bond acceptors (Lipinski definition) is 5. The van der Waals surface area contributed by atoms with Crippen molar-refractivity contribution in [3.05, 3.63) is 58.5 Å². The molecule has 1 aliphatic rings.